The Kier molecular flexibility index (Phi) is 4.96. The Morgan fingerprint density at radius 3 is 2.80 bits per heavy atom. The number of aliphatic hydroxyl groups is 1. The van der Waals surface area contributed by atoms with Crippen LogP contribution in [-0.2, 0) is 13.6 Å². The highest BCUT2D eigenvalue weighted by Crippen LogP contribution is 2.51. The van der Waals surface area contributed by atoms with Gasteiger partial charge in [0.25, 0.3) is 0 Å². The molecule has 0 aliphatic heterocycles. The Morgan fingerprint density at radius 1 is 1.60 bits per heavy atom. The van der Waals surface area contributed by atoms with Crippen LogP contribution in [0.5, 0.6) is 0 Å². The first-order valence-electron chi connectivity index (χ1n) is 4.74. The largest absolute Gasteiger partial charge is 0.363 e. The molecule has 0 aromatic carbocycles. The van der Waals surface area contributed by atoms with E-state index in [1.54, 1.807) is 26.0 Å². The van der Waals surface area contributed by atoms with Crippen molar-refractivity contribution in [2.45, 2.75) is 20.1 Å². The van der Waals surface area contributed by atoms with Crippen LogP contribution in [-0.4, -0.2) is 17.9 Å². The van der Waals surface area contributed by atoms with E-state index in [9.17, 15) is 9.67 Å². The Labute approximate surface area is 93.4 Å². The molecule has 2 atom stereocenters. The normalized spacial score (nSPS) is 17.3. The predicted molar refractivity (Wildman–Crippen MR) is 60.1 cm³/mol. The van der Waals surface area contributed by atoms with Crippen LogP contribution in [0.3, 0.4) is 0 Å². The van der Waals surface area contributed by atoms with Crippen molar-refractivity contribution >= 4 is 18.9 Å². The molecule has 1 heterocycles. The molecule has 0 unspecified atom stereocenters. The van der Waals surface area contributed by atoms with E-state index in [1.165, 1.54) is 11.3 Å². The first kappa shape index (κ1) is 12.9. The Balaban J connectivity index is 2.63. The zero-order chi connectivity index (χ0) is 11.3. The van der Waals surface area contributed by atoms with Gasteiger partial charge in [-0.1, -0.05) is 13.0 Å². The number of aliphatic hydroxyl groups excluding tert-OH is 1. The third-order valence-corrected chi connectivity index (χ3v) is 4.61. The number of hydrogen-bond donors (Lipinski definition) is 1. The quantitative estimate of drug-likeness (QED) is 0.623. The molecule has 1 N–H and O–H groups in total. The van der Waals surface area contributed by atoms with Crippen LogP contribution in [0.25, 0.3) is 0 Å². The van der Waals surface area contributed by atoms with Crippen LogP contribution in [0.15, 0.2) is 17.5 Å². The lowest BCUT2D eigenvalue weighted by molar-refractivity contribution is -0.0275. The van der Waals surface area contributed by atoms with E-state index in [0.717, 1.165) is 0 Å². The summed E-state index contributed by atoms with van der Waals surface area (Å²) in [6.07, 6.45) is -0.911. The predicted octanol–water partition coefficient (Wildman–Crippen LogP) is 3.01. The van der Waals surface area contributed by atoms with Crippen molar-refractivity contribution in [2.75, 3.05) is 12.8 Å². The van der Waals surface area contributed by atoms with E-state index in [4.69, 9.17) is 9.05 Å². The zero-order valence-corrected chi connectivity index (χ0v) is 10.5. The summed E-state index contributed by atoms with van der Waals surface area (Å²) in [5.41, 5.74) is 0. The zero-order valence-electron chi connectivity index (χ0n) is 8.75. The molecule has 1 aromatic rings. The van der Waals surface area contributed by atoms with Crippen molar-refractivity contribution in [1.29, 1.82) is 0 Å². The van der Waals surface area contributed by atoms with Gasteiger partial charge in [-0.2, -0.15) is 0 Å². The second-order valence-corrected chi connectivity index (χ2v) is 6.12. The van der Waals surface area contributed by atoms with Gasteiger partial charge in [0.05, 0.1) is 11.5 Å². The number of hydrogen-bond acceptors (Lipinski definition) is 5. The number of thiophene rings is 1. The van der Waals surface area contributed by atoms with E-state index < -0.39 is 13.9 Å². The molecule has 0 saturated carbocycles. The van der Waals surface area contributed by atoms with Gasteiger partial charge >= 0.3 is 7.60 Å². The van der Waals surface area contributed by atoms with Gasteiger partial charge < -0.3 is 9.63 Å². The lowest BCUT2D eigenvalue weighted by Gasteiger charge is -2.19. The molecule has 6 heteroatoms. The van der Waals surface area contributed by atoms with E-state index >= 15 is 0 Å². The number of rotatable bonds is 6. The van der Waals surface area contributed by atoms with Gasteiger partial charge in [0.15, 0.2) is 6.29 Å². The molecule has 0 radical (unpaired) electrons. The summed E-state index contributed by atoms with van der Waals surface area (Å²) in [6, 6.07) is 3.52. The Morgan fingerprint density at radius 2 is 2.33 bits per heavy atom. The molecule has 0 spiro atoms. The van der Waals surface area contributed by atoms with Crippen molar-refractivity contribution in [3.8, 4) is 0 Å². The van der Waals surface area contributed by atoms with Gasteiger partial charge in [0.1, 0.15) is 0 Å². The van der Waals surface area contributed by atoms with Crippen LogP contribution >= 0.6 is 18.9 Å². The average Bonchev–Trinajstić information content (AvgIpc) is 2.71. The smallest absolute Gasteiger partial charge is 0.333 e. The monoisotopic (exact) mass is 250 g/mol. The molecule has 15 heavy (non-hydrogen) atoms. The molecular formula is C9H15O4PS. The SMILES string of the molecule is CCO[P@](=O)(CC)O[C@@H](O)c1cccs1. The van der Waals surface area contributed by atoms with Gasteiger partial charge in [-0.15, -0.1) is 11.3 Å². The Hall–Kier alpha value is -0.190. The summed E-state index contributed by atoms with van der Waals surface area (Å²) in [5, 5.41) is 11.5. The molecule has 1 rings (SSSR count). The van der Waals surface area contributed by atoms with E-state index in [0.29, 0.717) is 11.5 Å². The standard InChI is InChI=1S/C9H15O4PS/c1-3-12-14(11,4-2)13-9(10)8-6-5-7-15-8/h5-7,9-10H,3-4H2,1-2H3/t9-,14-/m1/s1. The fourth-order valence-corrected chi connectivity index (χ4v) is 2.94. The first-order valence-corrected chi connectivity index (χ1v) is 7.35. The fourth-order valence-electron chi connectivity index (χ4n) is 1.03. The first-order chi connectivity index (χ1) is 7.11. The van der Waals surface area contributed by atoms with Crippen molar-refractivity contribution in [3.05, 3.63) is 22.4 Å². The molecule has 4 nitrogen and oxygen atoms in total. The van der Waals surface area contributed by atoms with Crippen molar-refractivity contribution in [2.24, 2.45) is 0 Å². The maximum Gasteiger partial charge on any atom is 0.333 e. The molecule has 0 bridgehead atoms. The molecular weight excluding hydrogens is 235 g/mol. The van der Waals surface area contributed by atoms with Crippen LogP contribution < -0.4 is 0 Å². The molecule has 0 aliphatic carbocycles. The minimum atomic E-state index is -3.14. The van der Waals surface area contributed by atoms with Crippen LogP contribution in [0.2, 0.25) is 0 Å². The highest BCUT2D eigenvalue weighted by atomic mass is 32.1. The minimum absolute atomic E-state index is 0.253. The van der Waals surface area contributed by atoms with Crippen molar-refractivity contribution in [1.82, 2.24) is 0 Å². The summed E-state index contributed by atoms with van der Waals surface area (Å²) in [7, 11) is -3.14. The van der Waals surface area contributed by atoms with Crippen molar-refractivity contribution < 1.29 is 18.7 Å². The third kappa shape index (κ3) is 3.70. The second-order valence-electron chi connectivity index (χ2n) is 2.82. The maximum atomic E-state index is 11.9. The molecule has 86 valence electrons. The van der Waals surface area contributed by atoms with Crippen LogP contribution in [0.1, 0.15) is 25.0 Å². The second kappa shape index (κ2) is 5.77. The van der Waals surface area contributed by atoms with Gasteiger partial charge in [-0.05, 0) is 18.4 Å². The summed E-state index contributed by atoms with van der Waals surface area (Å²) < 4.78 is 22.0. The van der Waals surface area contributed by atoms with Gasteiger partial charge in [-0.3, -0.25) is 9.09 Å². The molecule has 0 fully saturated rings. The highest BCUT2D eigenvalue weighted by Gasteiger charge is 2.26. The fraction of sp³-hybridized carbons (Fsp3) is 0.556. The van der Waals surface area contributed by atoms with Gasteiger partial charge in [0, 0.05) is 6.16 Å². The van der Waals surface area contributed by atoms with Crippen molar-refractivity contribution in [3.63, 3.8) is 0 Å². The molecule has 0 aliphatic rings. The topological polar surface area (TPSA) is 55.8 Å². The van der Waals surface area contributed by atoms with Gasteiger partial charge in [0.2, 0.25) is 0 Å². The summed E-state index contributed by atoms with van der Waals surface area (Å²) in [5.74, 6) is 0. The molecule has 0 amide bonds. The lowest BCUT2D eigenvalue weighted by atomic mass is 10.5. The molecule has 1 aromatic heterocycles. The van der Waals surface area contributed by atoms with E-state index in [2.05, 4.69) is 0 Å². The minimum Gasteiger partial charge on any atom is -0.363 e. The average molecular weight is 250 g/mol. The van der Waals surface area contributed by atoms with Crippen LogP contribution in [0.4, 0.5) is 0 Å². The summed E-state index contributed by atoms with van der Waals surface area (Å²) in [4.78, 5) is 0.628. The van der Waals surface area contributed by atoms with Crippen LogP contribution in [0, 0.1) is 0 Å². The van der Waals surface area contributed by atoms with E-state index in [1.807, 2.05) is 5.38 Å². The highest BCUT2D eigenvalue weighted by molar-refractivity contribution is 7.53. The van der Waals surface area contributed by atoms with E-state index in [-0.39, 0.29) is 6.16 Å². The third-order valence-electron chi connectivity index (χ3n) is 1.76. The van der Waals surface area contributed by atoms with Gasteiger partial charge in [-0.25, -0.2) is 0 Å². The lowest BCUT2D eigenvalue weighted by Crippen LogP contribution is -2.03. The molecule has 0 saturated heterocycles. The Bertz CT molecular complexity index is 325. The summed E-state index contributed by atoms with van der Waals surface area (Å²) >= 11 is 1.35. The summed E-state index contributed by atoms with van der Waals surface area (Å²) in [6.45, 7) is 3.75. The maximum absolute atomic E-state index is 11.9.